The Morgan fingerprint density at radius 3 is 2.45 bits per heavy atom. The summed E-state index contributed by atoms with van der Waals surface area (Å²) in [5, 5.41) is 11.8. The van der Waals surface area contributed by atoms with Crippen LogP contribution in [0.25, 0.3) is 0 Å². The predicted molar refractivity (Wildman–Crippen MR) is 114 cm³/mol. The third-order valence-electron chi connectivity index (χ3n) is 10.1. The molecule has 8 nitrogen and oxygen atoms in total. The van der Waals surface area contributed by atoms with E-state index in [4.69, 9.17) is 14.2 Å². The van der Waals surface area contributed by atoms with E-state index >= 15 is 0 Å². The number of ketones is 1. The van der Waals surface area contributed by atoms with Crippen molar-refractivity contribution in [2.75, 3.05) is 6.61 Å². The number of Topliss-reactive ketones (excluding diaryl/α,β-unsaturated/α-hetero) is 1. The van der Waals surface area contributed by atoms with Gasteiger partial charge in [0.05, 0.1) is 5.60 Å². The first kappa shape index (κ1) is 22.8. The van der Waals surface area contributed by atoms with Gasteiger partial charge in [-0.25, -0.2) is 0 Å². The Hall–Kier alpha value is -1.96. The van der Waals surface area contributed by atoms with Gasteiger partial charge in [-0.05, 0) is 56.8 Å². The summed E-state index contributed by atoms with van der Waals surface area (Å²) in [7, 11) is 0. The van der Waals surface area contributed by atoms with E-state index in [0.29, 0.717) is 38.5 Å². The molecule has 0 aromatic carbocycles. The number of ether oxygens (including phenoxy) is 3. The van der Waals surface area contributed by atoms with Crippen molar-refractivity contribution in [1.82, 2.24) is 0 Å². The zero-order valence-corrected chi connectivity index (χ0v) is 19.7. The molecule has 1 N–H and O–H groups in total. The Morgan fingerprint density at radius 1 is 1.00 bits per heavy atom. The minimum Gasteiger partial charge on any atom is -0.462 e. The molecule has 0 aromatic heterocycles. The molecule has 1 spiro atoms. The van der Waals surface area contributed by atoms with Crippen LogP contribution in [0.1, 0.15) is 78.6 Å². The van der Waals surface area contributed by atoms with Crippen molar-refractivity contribution < 1.29 is 38.5 Å². The fourth-order valence-corrected chi connectivity index (χ4v) is 8.88. The minimum atomic E-state index is -1.25. The minimum absolute atomic E-state index is 0.0362. The second kappa shape index (κ2) is 7.27. The maximum atomic E-state index is 13.6. The lowest BCUT2D eigenvalue weighted by atomic mass is 9.42. The van der Waals surface area contributed by atoms with Gasteiger partial charge in [0.25, 0.3) is 0 Å². The summed E-state index contributed by atoms with van der Waals surface area (Å²) >= 11 is 0. The molecule has 0 unspecified atom stereocenters. The highest BCUT2D eigenvalue weighted by molar-refractivity contribution is 5.86. The highest BCUT2D eigenvalue weighted by Gasteiger charge is 2.80. The number of hydrogen-bond acceptors (Lipinski definition) is 8. The second-order valence-electron chi connectivity index (χ2n) is 11.3. The van der Waals surface area contributed by atoms with Crippen LogP contribution >= 0.6 is 0 Å². The van der Waals surface area contributed by atoms with Gasteiger partial charge in [0.2, 0.25) is 0 Å². The zero-order chi connectivity index (χ0) is 23.8. The van der Waals surface area contributed by atoms with Gasteiger partial charge in [0.1, 0.15) is 23.7 Å². The molecule has 5 fully saturated rings. The molecule has 0 amide bonds. The van der Waals surface area contributed by atoms with Crippen LogP contribution in [0.2, 0.25) is 0 Å². The van der Waals surface area contributed by atoms with Gasteiger partial charge in [-0.3, -0.25) is 19.2 Å². The van der Waals surface area contributed by atoms with E-state index < -0.39 is 22.6 Å². The van der Waals surface area contributed by atoms with Gasteiger partial charge in [-0.15, -0.1) is 0 Å². The molecule has 0 aromatic rings. The lowest BCUT2D eigenvalue weighted by Gasteiger charge is -2.61. The van der Waals surface area contributed by atoms with Crippen molar-refractivity contribution in [2.24, 2.45) is 28.6 Å². The van der Waals surface area contributed by atoms with Crippen LogP contribution < -0.4 is 0 Å². The lowest BCUT2D eigenvalue weighted by Crippen LogP contribution is -2.67. The summed E-state index contributed by atoms with van der Waals surface area (Å²) in [6, 6.07) is 0. The third-order valence-corrected chi connectivity index (χ3v) is 10.1. The smallest absolute Gasteiger partial charge is 0.316 e. The maximum absolute atomic E-state index is 13.6. The second-order valence-corrected chi connectivity index (χ2v) is 11.3. The molecule has 5 aliphatic rings. The number of fused-ring (bicyclic) bond motifs is 1. The van der Waals surface area contributed by atoms with E-state index in [-0.39, 0.29) is 60.0 Å². The Morgan fingerprint density at radius 2 is 1.76 bits per heavy atom. The molecule has 33 heavy (non-hydrogen) atoms. The van der Waals surface area contributed by atoms with E-state index in [2.05, 4.69) is 6.92 Å². The highest BCUT2D eigenvalue weighted by Crippen LogP contribution is 2.74. The number of esters is 3. The number of rotatable bonds is 4. The Bertz CT molecular complexity index is 914. The molecule has 2 bridgehead atoms. The van der Waals surface area contributed by atoms with Crippen LogP contribution in [0, 0.1) is 28.6 Å². The van der Waals surface area contributed by atoms with Crippen molar-refractivity contribution in [3.63, 3.8) is 0 Å². The lowest BCUT2D eigenvalue weighted by molar-refractivity contribution is -0.218. The van der Waals surface area contributed by atoms with Crippen LogP contribution in [0.4, 0.5) is 0 Å². The van der Waals surface area contributed by atoms with Crippen LogP contribution in [0.3, 0.4) is 0 Å². The van der Waals surface area contributed by atoms with Crippen molar-refractivity contribution in [1.29, 1.82) is 0 Å². The van der Waals surface area contributed by atoms with E-state index in [1.165, 1.54) is 13.8 Å². The zero-order valence-electron chi connectivity index (χ0n) is 19.7. The van der Waals surface area contributed by atoms with E-state index in [1.807, 2.05) is 0 Å². The fraction of sp³-hybridized carbons (Fsp3) is 0.840. The van der Waals surface area contributed by atoms with Crippen LogP contribution in [0.5, 0.6) is 0 Å². The molecule has 5 rings (SSSR count). The molecular weight excluding hydrogens is 428 g/mol. The fourth-order valence-electron chi connectivity index (χ4n) is 8.88. The molecule has 1 aliphatic heterocycles. The molecule has 4 aliphatic carbocycles. The van der Waals surface area contributed by atoms with E-state index in [0.717, 1.165) is 12.8 Å². The summed E-state index contributed by atoms with van der Waals surface area (Å²) < 4.78 is 16.7. The van der Waals surface area contributed by atoms with Gasteiger partial charge in [0.15, 0.2) is 5.78 Å². The summed E-state index contributed by atoms with van der Waals surface area (Å²) in [5.74, 6) is -1.50. The average Bonchev–Trinajstić information content (AvgIpc) is 3.18. The first-order valence-corrected chi connectivity index (χ1v) is 12.3. The number of carbonyl (C=O) groups is 4. The first-order chi connectivity index (χ1) is 15.5. The first-order valence-electron chi connectivity index (χ1n) is 12.3. The van der Waals surface area contributed by atoms with E-state index in [1.54, 1.807) is 0 Å². The standard InChI is InChI=1S/C25H34O8/c1-14(26)31-13-18(28)17-4-5-19-22(17,3)8-7-20-24-9-6-16(32-15(2)27)12-23(24,30)10-11-25(19,20)33-21(24)29/h16-17,19-20,30H,4-13H2,1-3H3/t16-,17+,19+,20+,22-,23+,24+,25-/m1/s1. The summed E-state index contributed by atoms with van der Waals surface area (Å²) in [4.78, 5) is 49.3. The van der Waals surface area contributed by atoms with Gasteiger partial charge >= 0.3 is 17.9 Å². The molecule has 1 heterocycles. The average molecular weight is 463 g/mol. The van der Waals surface area contributed by atoms with Crippen molar-refractivity contribution in [2.45, 2.75) is 95.9 Å². The maximum Gasteiger partial charge on any atom is 0.316 e. The van der Waals surface area contributed by atoms with Gasteiger partial charge in [-0.1, -0.05) is 6.92 Å². The summed E-state index contributed by atoms with van der Waals surface area (Å²) in [6.07, 6.45) is 4.78. The number of hydrogen-bond donors (Lipinski definition) is 1. The van der Waals surface area contributed by atoms with Crippen LogP contribution in [-0.2, 0) is 33.4 Å². The third kappa shape index (κ3) is 2.91. The topological polar surface area (TPSA) is 116 Å². The van der Waals surface area contributed by atoms with Gasteiger partial charge in [0, 0.05) is 38.0 Å². The van der Waals surface area contributed by atoms with Crippen molar-refractivity contribution in [3.8, 4) is 0 Å². The van der Waals surface area contributed by atoms with Gasteiger partial charge < -0.3 is 19.3 Å². The monoisotopic (exact) mass is 462 g/mol. The molecule has 8 atom stereocenters. The number of aliphatic hydroxyl groups is 1. The Kier molecular flexibility index (Phi) is 5.02. The van der Waals surface area contributed by atoms with E-state index in [9.17, 15) is 24.3 Å². The van der Waals surface area contributed by atoms with Crippen LogP contribution in [0.15, 0.2) is 0 Å². The Balaban J connectivity index is 1.45. The highest BCUT2D eigenvalue weighted by atomic mass is 16.6. The van der Waals surface area contributed by atoms with Gasteiger partial charge in [-0.2, -0.15) is 0 Å². The predicted octanol–water partition coefficient (Wildman–Crippen LogP) is 2.48. The molecule has 182 valence electrons. The van der Waals surface area contributed by atoms with Crippen LogP contribution in [-0.4, -0.2) is 52.7 Å². The number of carbonyl (C=O) groups excluding carboxylic acids is 4. The van der Waals surface area contributed by atoms with Crippen molar-refractivity contribution in [3.05, 3.63) is 0 Å². The summed E-state index contributed by atoms with van der Waals surface area (Å²) in [6.45, 7) is 4.59. The molecule has 1 saturated heterocycles. The summed E-state index contributed by atoms with van der Waals surface area (Å²) in [5.41, 5.74) is -3.21. The molecular formula is C25H34O8. The molecule has 8 heteroatoms. The SMILES string of the molecule is CC(=O)OCC(=O)[C@@H]1CC[C@H]2[C@]1(C)CC[C@@H]1[C@@]23CC[C@]2(O)C[C@H](OC(C)=O)CC[C@@]12C(=O)O3. The van der Waals surface area contributed by atoms with Crippen molar-refractivity contribution >= 4 is 23.7 Å². The molecule has 4 saturated carbocycles. The normalized spacial score (nSPS) is 47.6. The Labute approximate surface area is 193 Å². The molecule has 0 radical (unpaired) electrons. The quantitative estimate of drug-likeness (QED) is 0.500. The largest absolute Gasteiger partial charge is 0.462 e.